The van der Waals surface area contributed by atoms with Gasteiger partial charge in [0.05, 0.1) is 0 Å². The van der Waals surface area contributed by atoms with Gasteiger partial charge >= 0.3 is 0 Å². The van der Waals surface area contributed by atoms with E-state index < -0.39 is 0 Å². The van der Waals surface area contributed by atoms with Crippen molar-refractivity contribution in [1.82, 2.24) is 0 Å². The molecule has 0 aromatic heterocycles. The largest absolute Gasteiger partial charge is 0.384 e. The van der Waals surface area contributed by atoms with Crippen LogP contribution in [0.3, 0.4) is 0 Å². The van der Waals surface area contributed by atoms with Crippen LogP contribution in [0.2, 0.25) is 0 Å². The molecule has 0 saturated heterocycles. The van der Waals surface area contributed by atoms with Gasteiger partial charge in [0, 0.05) is 43.5 Å². The smallest absolute Gasteiger partial charge is 0.166 e. The predicted molar refractivity (Wildman–Crippen MR) is 65.5 cm³/mol. The van der Waals surface area contributed by atoms with Crippen LogP contribution in [0, 0.1) is 0 Å². The standard InChI is InChI=1S/C13H16N2O/c1-15-6-2-3-9-7-10-11(8-12(9)15)14-5-4-13(10)16/h7-8,14H,2-6H2,1H3. The van der Waals surface area contributed by atoms with Crippen molar-refractivity contribution in [2.45, 2.75) is 19.3 Å². The van der Waals surface area contributed by atoms with Crippen molar-refractivity contribution in [2.24, 2.45) is 0 Å². The van der Waals surface area contributed by atoms with Crippen molar-refractivity contribution >= 4 is 17.2 Å². The van der Waals surface area contributed by atoms with E-state index in [0.29, 0.717) is 6.42 Å². The van der Waals surface area contributed by atoms with Gasteiger partial charge in [0.25, 0.3) is 0 Å². The van der Waals surface area contributed by atoms with Crippen LogP contribution in [-0.2, 0) is 6.42 Å². The second kappa shape index (κ2) is 3.51. The Morgan fingerprint density at radius 1 is 1.31 bits per heavy atom. The molecule has 0 amide bonds. The number of carbonyl (C=O) groups is 1. The summed E-state index contributed by atoms with van der Waals surface area (Å²) in [6, 6.07) is 4.23. The Kier molecular flexibility index (Phi) is 2.13. The molecular formula is C13H16N2O. The molecule has 0 saturated carbocycles. The number of fused-ring (bicyclic) bond motifs is 2. The van der Waals surface area contributed by atoms with Gasteiger partial charge in [0.15, 0.2) is 5.78 Å². The quantitative estimate of drug-likeness (QED) is 0.720. The first-order chi connectivity index (χ1) is 7.75. The van der Waals surface area contributed by atoms with Gasteiger partial charge in [-0.3, -0.25) is 4.79 Å². The molecule has 2 heterocycles. The van der Waals surface area contributed by atoms with Crippen LogP contribution in [-0.4, -0.2) is 25.9 Å². The molecule has 1 aromatic rings. The predicted octanol–water partition coefficient (Wildman–Crippen LogP) is 2.07. The summed E-state index contributed by atoms with van der Waals surface area (Å²) in [4.78, 5) is 14.1. The monoisotopic (exact) mass is 216 g/mol. The van der Waals surface area contributed by atoms with Crippen LogP contribution >= 0.6 is 0 Å². The summed E-state index contributed by atoms with van der Waals surface area (Å²) < 4.78 is 0. The second-order valence-electron chi connectivity index (χ2n) is 4.65. The Labute approximate surface area is 95.4 Å². The molecule has 0 spiro atoms. The molecule has 3 rings (SSSR count). The molecule has 0 fully saturated rings. The number of anilines is 2. The normalized spacial score (nSPS) is 18.8. The molecule has 16 heavy (non-hydrogen) atoms. The average molecular weight is 216 g/mol. The van der Waals surface area contributed by atoms with E-state index in [-0.39, 0.29) is 5.78 Å². The van der Waals surface area contributed by atoms with Crippen molar-refractivity contribution in [3.63, 3.8) is 0 Å². The third kappa shape index (κ3) is 1.39. The Morgan fingerprint density at radius 2 is 2.19 bits per heavy atom. The Hall–Kier alpha value is -1.51. The lowest BCUT2D eigenvalue weighted by Crippen LogP contribution is -2.26. The number of nitrogens with one attached hydrogen (secondary N) is 1. The molecule has 3 heteroatoms. The van der Waals surface area contributed by atoms with E-state index in [1.54, 1.807) is 0 Å². The summed E-state index contributed by atoms with van der Waals surface area (Å²) in [6.07, 6.45) is 2.91. The van der Waals surface area contributed by atoms with Gasteiger partial charge in [-0.2, -0.15) is 0 Å². The number of nitrogens with zero attached hydrogens (tertiary/aromatic N) is 1. The van der Waals surface area contributed by atoms with E-state index >= 15 is 0 Å². The summed E-state index contributed by atoms with van der Waals surface area (Å²) in [5, 5.41) is 3.32. The van der Waals surface area contributed by atoms with Crippen LogP contribution in [0.15, 0.2) is 12.1 Å². The summed E-state index contributed by atoms with van der Waals surface area (Å²) in [7, 11) is 2.12. The molecule has 0 atom stereocenters. The van der Waals surface area contributed by atoms with E-state index in [4.69, 9.17) is 0 Å². The van der Waals surface area contributed by atoms with Crippen molar-refractivity contribution < 1.29 is 4.79 Å². The highest BCUT2D eigenvalue weighted by Gasteiger charge is 2.22. The maximum atomic E-state index is 11.8. The van der Waals surface area contributed by atoms with Gasteiger partial charge in [-0.1, -0.05) is 0 Å². The summed E-state index contributed by atoms with van der Waals surface area (Å²) in [5.41, 5.74) is 4.51. The summed E-state index contributed by atoms with van der Waals surface area (Å²) >= 11 is 0. The topological polar surface area (TPSA) is 32.3 Å². The zero-order chi connectivity index (χ0) is 11.1. The highest BCUT2D eigenvalue weighted by Crippen LogP contribution is 2.33. The summed E-state index contributed by atoms with van der Waals surface area (Å²) in [6.45, 7) is 1.88. The minimum Gasteiger partial charge on any atom is -0.384 e. The molecule has 2 aliphatic heterocycles. The molecule has 1 N–H and O–H groups in total. The number of Topliss-reactive ketones (excluding diaryl/α,β-unsaturated/α-hetero) is 1. The van der Waals surface area contributed by atoms with E-state index in [1.165, 1.54) is 17.7 Å². The third-order valence-corrected chi connectivity index (χ3v) is 3.54. The van der Waals surface area contributed by atoms with Crippen LogP contribution in [0.5, 0.6) is 0 Å². The Balaban J connectivity index is 2.14. The molecule has 3 nitrogen and oxygen atoms in total. The maximum Gasteiger partial charge on any atom is 0.166 e. The maximum absolute atomic E-state index is 11.8. The number of aryl methyl sites for hydroxylation is 1. The third-order valence-electron chi connectivity index (χ3n) is 3.54. The van der Waals surface area contributed by atoms with Crippen LogP contribution in [0.1, 0.15) is 28.8 Å². The molecular weight excluding hydrogens is 200 g/mol. The fourth-order valence-corrected chi connectivity index (χ4v) is 2.64. The van der Waals surface area contributed by atoms with Gasteiger partial charge in [-0.25, -0.2) is 0 Å². The minimum atomic E-state index is 0.282. The van der Waals surface area contributed by atoms with Gasteiger partial charge < -0.3 is 10.2 Å². The van der Waals surface area contributed by atoms with Crippen LogP contribution < -0.4 is 10.2 Å². The lowest BCUT2D eigenvalue weighted by molar-refractivity contribution is 0.0983. The molecule has 84 valence electrons. The van der Waals surface area contributed by atoms with Crippen molar-refractivity contribution in [2.75, 3.05) is 30.4 Å². The molecule has 0 unspecified atom stereocenters. The van der Waals surface area contributed by atoms with Gasteiger partial charge in [0.1, 0.15) is 0 Å². The minimum absolute atomic E-state index is 0.282. The zero-order valence-electron chi connectivity index (χ0n) is 9.55. The molecule has 2 aliphatic rings. The first-order valence-electron chi connectivity index (χ1n) is 5.91. The van der Waals surface area contributed by atoms with Crippen molar-refractivity contribution in [3.8, 4) is 0 Å². The number of hydrogen-bond acceptors (Lipinski definition) is 3. The average Bonchev–Trinajstić information content (AvgIpc) is 2.29. The van der Waals surface area contributed by atoms with Crippen molar-refractivity contribution in [1.29, 1.82) is 0 Å². The van der Waals surface area contributed by atoms with E-state index in [1.807, 2.05) is 0 Å². The van der Waals surface area contributed by atoms with Crippen LogP contribution in [0.25, 0.3) is 0 Å². The fourth-order valence-electron chi connectivity index (χ4n) is 2.64. The number of benzene rings is 1. The Morgan fingerprint density at radius 3 is 3.06 bits per heavy atom. The number of carbonyl (C=O) groups excluding carboxylic acids is 1. The number of rotatable bonds is 0. The van der Waals surface area contributed by atoms with Crippen molar-refractivity contribution in [3.05, 3.63) is 23.3 Å². The van der Waals surface area contributed by atoms with E-state index in [2.05, 4.69) is 29.4 Å². The first-order valence-corrected chi connectivity index (χ1v) is 5.91. The first kappa shape index (κ1) is 9.70. The fraction of sp³-hybridized carbons (Fsp3) is 0.462. The van der Waals surface area contributed by atoms with Gasteiger partial charge in [0.2, 0.25) is 0 Å². The number of hydrogen-bond donors (Lipinski definition) is 1. The van der Waals surface area contributed by atoms with E-state index in [9.17, 15) is 4.79 Å². The molecule has 0 radical (unpaired) electrons. The van der Waals surface area contributed by atoms with Gasteiger partial charge in [-0.05, 0) is 30.5 Å². The van der Waals surface area contributed by atoms with Gasteiger partial charge in [-0.15, -0.1) is 0 Å². The summed E-state index contributed by atoms with van der Waals surface area (Å²) in [5.74, 6) is 0.282. The Bertz CT molecular complexity index is 453. The van der Waals surface area contributed by atoms with Crippen LogP contribution in [0.4, 0.5) is 11.4 Å². The molecule has 1 aromatic carbocycles. The highest BCUT2D eigenvalue weighted by atomic mass is 16.1. The lowest BCUT2D eigenvalue weighted by Gasteiger charge is -2.30. The molecule has 0 aliphatic carbocycles. The SMILES string of the molecule is CN1CCCc2cc3c(cc21)NCCC3=O. The zero-order valence-corrected chi connectivity index (χ0v) is 9.55. The molecule has 0 bridgehead atoms. The van der Waals surface area contributed by atoms with E-state index in [0.717, 1.165) is 30.8 Å². The lowest BCUT2D eigenvalue weighted by atomic mass is 9.94. The highest BCUT2D eigenvalue weighted by molar-refractivity contribution is 6.04. The number of ketones is 1. The second-order valence-corrected chi connectivity index (χ2v) is 4.65.